The van der Waals surface area contributed by atoms with Gasteiger partial charge >= 0.3 is 0 Å². The fourth-order valence-electron chi connectivity index (χ4n) is 3.40. The Bertz CT molecular complexity index is 408. The summed E-state index contributed by atoms with van der Waals surface area (Å²) in [4.78, 5) is 0. The molecule has 1 aromatic rings. The van der Waals surface area contributed by atoms with Gasteiger partial charge in [-0.05, 0) is 44.4 Å². The minimum atomic E-state index is -0.196. The predicted octanol–water partition coefficient (Wildman–Crippen LogP) is 4.21. The maximum Gasteiger partial charge on any atom is 0.119 e. The third-order valence-electron chi connectivity index (χ3n) is 4.50. The Kier molecular flexibility index (Phi) is 6.07. The van der Waals surface area contributed by atoms with Gasteiger partial charge in [-0.2, -0.15) is 0 Å². The van der Waals surface area contributed by atoms with Crippen molar-refractivity contribution in [1.29, 1.82) is 0 Å². The van der Waals surface area contributed by atoms with Crippen LogP contribution in [0, 0.1) is 0 Å². The minimum absolute atomic E-state index is 0.0637. The summed E-state index contributed by atoms with van der Waals surface area (Å²) in [6, 6.07) is 8.12. The van der Waals surface area contributed by atoms with Gasteiger partial charge in [0, 0.05) is 6.61 Å². The van der Waals surface area contributed by atoms with Crippen LogP contribution in [-0.4, -0.2) is 18.8 Å². The zero-order valence-electron chi connectivity index (χ0n) is 13.4. The lowest BCUT2D eigenvalue weighted by molar-refractivity contribution is -0.0696. The highest BCUT2D eigenvalue weighted by molar-refractivity contribution is 5.30. The number of ether oxygens (including phenoxy) is 2. The Balaban J connectivity index is 2.18. The maximum atomic E-state index is 6.62. The molecule has 1 aromatic carbocycles. The highest BCUT2D eigenvalue weighted by atomic mass is 16.5. The average Bonchev–Trinajstić information content (AvgIpc) is 2.75. The Hall–Kier alpha value is -1.06. The van der Waals surface area contributed by atoms with Gasteiger partial charge in [-0.3, -0.25) is 0 Å². The molecule has 1 unspecified atom stereocenters. The van der Waals surface area contributed by atoms with Gasteiger partial charge in [-0.1, -0.05) is 37.8 Å². The molecular formula is C18H29NO2. The molecule has 2 rings (SSSR count). The van der Waals surface area contributed by atoms with Crippen LogP contribution in [0.4, 0.5) is 0 Å². The highest BCUT2D eigenvalue weighted by Gasteiger charge is 2.38. The van der Waals surface area contributed by atoms with Crippen molar-refractivity contribution in [3.8, 4) is 5.75 Å². The van der Waals surface area contributed by atoms with E-state index in [0.717, 1.165) is 30.8 Å². The zero-order chi connectivity index (χ0) is 15.1. The van der Waals surface area contributed by atoms with E-state index in [1.807, 2.05) is 19.1 Å². The molecule has 1 saturated carbocycles. The van der Waals surface area contributed by atoms with Gasteiger partial charge in [-0.25, -0.2) is 0 Å². The molecule has 0 bridgehead atoms. The number of benzene rings is 1. The normalized spacial score (nSPS) is 19.8. The lowest BCUT2D eigenvalue weighted by Crippen LogP contribution is -2.43. The molecule has 0 aliphatic heterocycles. The van der Waals surface area contributed by atoms with E-state index in [0.29, 0.717) is 6.61 Å². The molecule has 0 aromatic heterocycles. The summed E-state index contributed by atoms with van der Waals surface area (Å²) in [6.45, 7) is 5.48. The molecule has 2 N–H and O–H groups in total. The first-order valence-electron chi connectivity index (χ1n) is 8.34. The van der Waals surface area contributed by atoms with E-state index in [1.54, 1.807) is 0 Å². The van der Waals surface area contributed by atoms with Gasteiger partial charge in [0.2, 0.25) is 0 Å². The Morgan fingerprint density at radius 3 is 2.14 bits per heavy atom. The van der Waals surface area contributed by atoms with E-state index in [1.165, 1.54) is 25.7 Å². The van der Waals surface area contributed by atoms with Crippen LogP contribution < -0.4 is 10.5 Å². The van der Waals surface area contributed by atoms with Crippen molar-refractivity contribution in [2.24, 2.45) is 5.73 Å². The summed E-state index contributed by atoms with van der Waals surface area (Å²) < 4.78 is 11.7. The fraction of sp³-hybridized carbons (Fsp3) is 0.667. The molecular weight excluding hydrogens is 262 g/mol. The number of hydrogen-bond acceptors (Lipinski definition) is 3. The first-order valence-corrected chi connectivity index (χ1v) is 8.34. The Morgan fingerprint density at radius 2 is 1.62 bits per heavy atom. The second kappa shape index (κ2) is 7.81. The molecule has 3 nitrogen and oxygen atoms in total. The summed E-state index contributed by atoms with van der Waals surface area (Å²) in [5.74, 6) is 0.903. The van der Waals surface area contributed by atoms with Crippen LogP contribution in [0.3, 0.4) is 0 Å². The highest BCUT2D eigenvalue weighted by Crippen LogP contribution is 2.39. The summed E-state index contributed by atoms with van der Waals surface area (Å²) >= 11 is 0. The maximum absolute atomic E-state index is 6.62. The second-order valence-electron chi connectivity index (χ2n) is 5.89. The van der Waals surface area contributed by atoms with Crippen molar-refractivity contribution >= 4 is 0 Å². The van der Waals surface area contributed by atoms with Gasteiger partial charge in [0.05, 0.1) is 18.2 Å². The van der Waals surface area contributed by atoms with Crippen molar-refractivity contribution in [3.05, 3.63) is 29.8 Å². The Morgan fingerprint density at radius 1 is 1.00 bits per heavy atom. The summed E-state index contributed by atoms with van der Waals surface area (Å²) in [5.41, 5.74) is 7.57. The van der Waals surface area contributed by atoms with Crippen LogP contribution in [0.5, 0.6) is 5.75 Å². The summed E-state index contributed by atoms with van der Waals surface area (Å²) in [5, 5.41) is 0. The molecule has 0 amide bonds. The predicted molar refractivity (Wildman–Crippen MR) is 86.6 cm³/mol. The first kappa shape index (κ1) is 16.3. The third kappa shape index (κ3) is 3.98. The molecule has 21 heavy (non-hydrogen) atoms. The number of nitrogens with two attached hydrogens (primary N) is 1. The number of hydrogen-bond donors (Lipinski definition) is 1. The van der Waals surface area contributed by atoms with Crippen LogP contribution in [-0.2, 0) is 4.74 Å². The molecule has 1 atom stereocenters. The molecule has 118 valence electrons. The zero-order valence-corrected chi connectivity index (χ0v) is 13.4. The van der Waals surface area contributed by atoms with Crippen molar-refractivity contribution in [2.45, 2.75) is 64.0 Å². The van der Waals surface area contributed by atoms with E-state index in [4.69, 9.17) is 15.2 Å². The van der Waals surface area contributed by atoms with Crippen LogP contribution in [0.1, 0.15) is 64.0 Å². The van der Waals surface area contributed by atoms with E-state index >= 15 is 0 Å². The quantitative estimate of drug-likeness (QED) is 0.798. The number of rotatable bonds is 6. The van der Waals surface area contributed by atoms with Crippen LogP contribution in [0.15, 0.2) is 24.3 Å². The molecule has 3 heteroatoms. The van der Waals surface area contributed by atoms with E-state index < -0.39 is 0 Å². The van der Waals surface area contributed by atoms with Crippen molar-refractivity contribution < 1.29 is 9.47 Å². The molecule has 0 radical (unpaired) electrons. The van der Waals surface area contributed by atoms with E-state index in [9.17, 15) is 0 Å². The van der Waals surface area contributed by atoms with Crippen LogP contribution in [0.2, 0.25) is 0 Å². The molecule has 1 aliphatic rings. The van der Waals surface area contributed by atoms with Crippen LogP contribution >= 0.6 is 0 Å². The van der Waals surface area contributed by atoms with Gasteiger partial charge in [0.25, 0.3) is 0 Å². The topological polar surface area (TPSA) is 44.5 Å². The third-order valence-corrected chi connectivity index (χ3v) is 4.50. The minimum Gasteiger partial charge on any atom is -0.494 e. The van der Waals surface area contributed by atoms with Gasteiger partial charge in [-0.15, -0.1) is 0 Å². The van der Waals surface area contributed by atoms with Gasteiger partial charge in [0.1, 0.15) is 5.75 Å². The summed E-state index contributed by atoms with van der Waals surface area (Å²) in [7, 11) is 0. The van der Waals surface area contributed by atoms with Crippen molar-refractivity contribution in [1.82, 2.24) is 0 Å². The second-order valence-corrected chi connectivity index (χ2v) is 5.89. The van der Waals surface area contributed by atoms with E-state index in [2.05, 4.69) is 19.1 Å². The molecule has 0 spiro atoms. The van der Waals surface area contributed by atoms with Gasteiger partial charge in [0.15, 0.2) is 0 Å². The fourth-order valence-corrected chi connectivity index (χ4v) is 3.40. The van der Waals surface area contributed by atoms with Crippen LogP contribution in [0.25, 0.3) is 0 Å². The van der Waals surface area contributed by atoms with Crippen molar-refractivity contribution in [2.75, 3.05) is 13.2 Å². The van der Waals surface area contributed by atoms with E-state index in [-0.39, 0.29) is 11.6 Å². The SMILES string of the molecule is CCOc1ccc(C(N)C2(OCC)CCCCCC2)cc1. The van der Waals surface area contributed by atoms with Crippen molar-refractivity contribution in [3.63, 3.8) is 0 Å². The van der Waals surface area contributed by atoms with Gasteiger partial charge < -0.3 is 15.2 Å². The molecule has 0 heterocycles. The molecule has 1 aliphatic carbocycles. The smallest absolute Gasteiger partial charge is 0.119 e. The average molecular weight is 291 g/mol. The summed E-state index contributed by atoms with van der Waals surface area (Å²) in [6.07, 6.45) is 7.15. The standard InChI is InChI=1S/C18H29NO2/c1-3-20-16-11-9-15(10-12-16)17(19)18(21-4-2)13-7-5-6-8-14-18/h9-12,17H,3-8,13-14,19H2,1-2H3. The monoisotopic (exact) mass is 291 g/mol. The Labute approximate surface area is 128 Å². The first-order chi connectivity index (χ1) is 10.2. The molecule has 1 fully saturated rings. The lowest BCUT2D eigenvalue weighted by atomic mass is 9.82. The lowest BCUT2D eigenvalue weighted by Gasteiger charge is -2.38. The molecule has 0 saturated heterocycles. The largest absolute Gasteiger partial charge is 0.494 e.